The summed E-state index contributed by atoms with van der Waals surface area (Å²) in [5, 5.41) is 11.0. The van der Waals surface area contributed by atoms with Gasteiger partial charge in [0.25, 0.3) is 6.43 Å². The number of anilines is 1. The minimum atomic E-state index is -2.56. The van der Waals surface area contributed by atoms with Crippen molar-refractivity contribution in [2.45, 2.75) is 6.43 Å². The van der Waals surface area contributed by atoms with Crippen molar-refractivity contribution in [3.05, 3.63) is 22.3 Å². The van der Waals surface area contributed by atoms with Gasteiger partial charge in [-0.1, -0.05) is 0 Å². The fourth-order valence-corrected chi connectivity index (χ4v) is 1.25. The molecule has 0 saturated carbocycles. The van der Waals surface area contributed by atoms with E-state index in [9.17, 15) is 13.6 Å². The Bertz CT molecular complexity index is 374. The number of carbonyl (C=O) groups is 1. The van der Waals surface area contributed by atoms with E-state index in [1.807, 2.05) is 0 Å². The Morgan fingerprint density at radius 1 is 1.67 bits per heavy atom. The standard InChI is InChI=1S/C8H7BrF2N2O2/c9-4-1-5(8(14)15)7(12-2-4)13-3-6(10)11/h1-2,6H,3H2,(H,12,13)(H,14,15). The molecule has 1 rings (SSSR count). The van der Waals surface area contributed by atoms with Crippen LogP contribution in [0.3, 0.4) is 0 Å². The fraction of sp³-hybridized carbons (Fsp3) is 0.250. The van der Waals surface area contributed by atoms with Crippen LogP contribution >= 0.6 is 15.9 Å². The van der Waals surface area contributed by atoms with E-state index in [4.69, 9.17) is 5.11 Å². The monoisotopic (exact) mass is 280 g/mol. The molecule has 1 aromatic heterocycles. The molecule has 0 fully saturated rings. The van der Waals surface area contributed by atoms with Gasteiger partial charge < -0.3 is 10.4 Å². The summed E-state index contributed by atoms with van der Waals surface area (Å²) in [5.41, 5.74) is -0.148. The summed E-state index contributed by atoms with van der Waals surface area (Å²) < 4.78 is 24.2. The second kappa shape index (κ2) is 5.01. The number of alkyl halides is 2. The van der Waals surface area contributed by atoms with Gasteiger partial charge >= 0.3 is 5.97 Å². The molecule has 7 heteroatoms. The number of aromatic nitrogens is 1. The van der Waals surface area contributed by atoms with Crippen molar-refractivity contribution < 1.29 is 18.7 Å². The molecule has 0 saturated heterocycles. The summed E-state index contributed by atoms with van der Waals surface area (Å²) in [6.45, 7) is -0.630. The number of halogens is 3. The molecule has 82 valence electrons. The zero-order chi connectivity index (χ0) is 11.4. The molecule has 1 aromatic rings. The highest BCUT2D eigenvalue weighted by molar-refractivity contribution is 9.10. The molecule has 0 aliphatic heterocycles. The third-order valence-corrected chi connectivity index (χ3v) is 1.94. The van der Waals surface area contributed by atoms with Gasteiger partial charge in [-0.3, -0.25) is 0 Å². The van der Waals surface area contributed by atoms with E-state index in [0.717, 1.165) is 0 Å². The van der Waals surface area contributed by atoms with E-state index in [2.05, 4.69) is 26.2 Å². The van der Waals surface area contributed by atoms with Gasteiger partial charge in [0.2, 0.25) is 0 Å². The number of carboxylic acids is 1. The zero-order valence-corrected chi connectivity index (χ0v) is 8.96. The Morgan fingerprint density at radius 2 is 2.33 bits per heavy atom. The van der Waals surface area contributed by atoms with Gasteiger partial charge in [-0.2, -0.15) is 0 Å². The SMILES string of the molecule is O=C(O)c1cc(Br)cnc1NCC(F)F. The molecule has 0 bridgehead atoms. The number of nitrogens with zero attached hydrogens (tertiary/aromatic N) is 1. The molecule has 0 aliphatic carbocycles. The Hall–Kier alpha value is -1.24. The Labute approximate surface area is 92.5 Å². The van der Waals surface area contributed by atoms with Crippen molar-refractivity contribution in [3.63, 3.8) is 0 Å². The molecular weight excluding hydrogens is 274 g/mol. The highest BCUT2D eigenvalue weighted by atomic mass is 79.9. The second-order valence-electron chi connectivity index (χ2n) is 2.63. The van der Waals surface area contributed by atoms with Crippen LogP contribution in [0.2, 0.25) is 0 Å². The molecule has 0 atom stereocenters. The first kappa shape index (κ1) is 11.8. The van der Waals surface area contributed by atoms with Gasteiger partial charge in [0, 0.05) is 10.7 Å². The third kappa shape index (κ3) is 3.43. The summed E-state index contributed by atoms with van der Waals surface area (Å²) in [6.07, 6.45) is -1.22. The summed E-state index contributed by atoms with van der Waals surface area (Å²) in [4.78, 5) is 14.4. The lowest BCUT2D eigenvalue weighted by molar-refractivity contribution is 0.0697. The number of rotatable bonds is 4. The van der Waals surface area contributed by atoms with Crippen LogP contribution in [-0.4, -0.2) is 29.0 Å². The van der Waals surface area contributed by atoms with Gasteiger partial charge in [-0.15, -0.1) is 0 Å². The van der Waals surface area contributed by atoms with Crippen LogP contribution in [0.4, 0.5) is 14.6 Å². The lowest BCUT2D eigenvalue weighted by atomic mass is 10.2. The van der Waals surface area contributed by atoms with Crippen LogP contribution in [0.15, 0.2) is 16.7 Å². The third-order valence-electron chi connectivity index (χ3n) is 1.51. The van der Waals surface area contributed by atoms with Crippen LogP contribution in [0.1, 0.15) is 10.4 Å². The molecule has 0 radical (unpaired) electrons. The molecule has 0 aliphatic rings. The van der Waals surface area contributed by atoms with E-state index in [-0.39, 0.29) is 11.4 Å². The van der Waals surface area contributed by atoms with Crippen LogP contribution in [0.5, 0.6) is 0 Å². The van der Waals surface area contributed by atoms with Crippen molar-refractivity contribution in [1.82, 2.24) is 4.98 Å². The zero-order valence-electron chi connectivity index (χ0n) is 7.38. The number of hydrogen-bond donors (Lipinski definition) is 2. The maximum atomic E-state index is 11.9. The van der Waals surface area contributed by atoms with E-state index < -0.39 is 18.9 Å². The first-order valence-electron chi connectivity index (χ1n) is 3.91. The van der Waals surface area contributed by atoms with E-state index >= 15 is 0 Å². The predicted octanol–water partition coefficient (Wildman–Crippen LogP) is 2.22. The van der Waals surface area contributed by atoms with E-state index in [1.54, 1.807) is 0 Å². The molecule has 0 amide bonds. The van der Waals surface area contributed by atoms with Crippen LogP contribution in [0.25, 0.3) is 0 Å². The maximum Gasteiger partial charge on any atom is 0.339 e. The van der Waals surface area contributed by atoms with Crippen molar-refractivity contribution >= 4 is 27.7 Å². The maximum absolute atomic E-state index is 11.9. The predicted molar refractivity (Wildman–Crippen MR) is 53.4 cm³/mol. The number of hydrogen-bond acceptors (Lipinski definition) is 3. The molecule has 15 heavy (non-hydrogen) atoms. The highest BCUT2D eigenvalue weighted by Crippen LogP contribution is 2.18. The molecule has 1 heterocycles. The Morgan fingerprint density at radius 3 is 2.87 bits per heavy atom. The first-order chi connectivity index (χ1) is 7.00. The second-order valence-corrected chi connectivity index (χ2v) is 3.54. The van der Waals surface area contributed by atoms with Gasteiger partial charge in [0.15, 0.2) is 0 Å². The number of nitrogens with one attached hydrogen (secondary N) is 1. The largest absolute Gasteiger partial charge is 0.478 e. The lowest BCUT2D eigenvalue weighted by Crippen LogP contribution is -2.14. The fourth-order valence-electron chi connectivity index (χ4n) is 0.917. The summed E-state index contributed by atoms with van der Waals surface area (Å²) in [7, 11) is 0. The number of aromatic carboxylic acids is 1. The summed E-state index contributed by atoms with van der Waals surface area (Å²) >= 11 is 3.04. The molecule has 0 spiro atoms. The van der Waals surface area contributed by atoms with Crippen LogP contribution in [0, 0.1) is 0 Å². The summed E-state index contributed by atoms with van der Waals surface area (Å²) in [6, 6.07) is 1.29. The van der Waals surface area contributed by atoms with Crippen molar-refractivity contribution in [1.29, 1.82) is 0 Å². The van der Waals surface area contributed by atoms with Gasteiger partial charge in [0.1, 0.15) is 11.4 Å². The van der Waals surface area contributed by atoms with Gasteiger partial charge in [0.05, 0.1) is 6.54 Å². The number of pyridine rings is 1. The van der Waals surface area contributed by atoms with E-state index in [1.165, 1.54) is 12.3 Å². The molecule has 2 N–H and O–H groups in total. The minimum absolute atomic E-state index is 0.0639. The first-order valence-corrected chi connectivity index (χ1v) is 4.71. The molecular formula is C8H7BrF2N2O2. The Balaban J connectivity index is 2.91. The Kier molecular flexibility index (Phi) is 3.96. The number of carboxylic acid groups (broad SMARTS) is 1. The van der Waals surface area contributed by atoms with Crippen molar-refractivity contribution in [2.24, 2.45) is 0 Å². The van der Waals surface area contributed by atoms with Crippen LogP contribution in [-0.2, 0) is 0 Å². The van der Waals surface area contributed by atoms with Crippen molar-refractivity contribution in [3.8, 4) is 0 Å². The van der Waals surface area contributed by atoms with Crippen LogP contribution < -0.4 is 5.32 Å². The normalized spacial score (nSPS) is 10.4. The molecule has 0 aromatic carbocycles. The average Bonchev–Trinajstić information content (AvgIpc) is 2.15. The molecule has 0 unspecified atom stereocenters. The van der Waals surface area contributed by atoms with E-state index in [0.29, 0.717) is 4.47 Å². The smallest absolute Gasteiger partial charge is 0.339 e. The lowest BCUT2D eigenvalue weighted by Gasteiger charge is -2.07. The van der Waals surface area contributed by atoms with Gasteiger partial charge in [-0.05, 0) is 22.0 Å². The van der Waals surface area contributed by atoms with Gasteiger partial charge in [-0.25, -0.2) is 18.6 Å². The average molecular weight is 281 g/mol. The minimum Gasteiger partial charge on any atom is -0.478 e. The molecule has 4 nitrogen and oxygen atoms in total. The quantitative estimate of drug-likeness (QED) is 0.888. The highest BCUT2D eigenvalue weighted by Gasteiger charge is 2.13. The topological polar surface area (TPSA) is 62.2 Å². The summed E-state index contributed by atoms with van der Waals surface area (Å²) in [5.74, 6) is -1.29. The van der Waals surface area contributed by atoms with Crippen molar-refractivity contribution in [2.75, 3.05) is 11.9 Å².